The average molecular weight is 780 g/mol. The standard InChI is InChI=1S/C41H46FN9O6/c1-43-39(54)28-24-44-34(21-30(28)47-29-14-11-13-27(37(29)57-3)38-45-22-26(42)23-46-38)48-35(52)15-10-8-6-4-5-7-9-12-25-16-17-31-33(20-25)50(2)41(56)51(31)32-18-19-36(53)49-40(32)55/h11,13-14,16-17,20-24,32H,4-10,12,15,18-19H2,1-3H3,(H,43,54)(H,49,53,55)(H2,44,47,48,52). The predicted molar refractivity (Wildman–Crippen MR) is 213 cm³/mol. The number of piperidine rings is 1. The number of ether oxygens (including phenoxy) is 1. The minimum atomic E-state index is -0.699. The van der Waals surface area contributed by atoms with E-state index in [2.05, 4.69) is 36.2 Å². The maximum Gasteiger partial charge on any atom is 0.329 e. The van der Waals surface area contributed by atoms with Gasteiger partial charge in [0.25, 0.3) is 5.91 Å². The number of amides is 4. The number of carbonyl (C=O) groups excluding carboxylic acids is 4. The molecule has 4 amide bonds. The van der Waals surface area contributed by atoms with Crippen LogP contribution < -0.4 is 31.7 Å². The number of carbonyl (C=O) groups is 4. The largest absolute Gasteiger partial charge is 0.494 e. The van der Waals surface area contributed by atoms with Crippen LogP contribution in [0, 0.1) is 5.82 Å². The Morgan fingerprint density at radius 1 is 0.912 bits per heavy atom. The molecular weight excluding hydrogens is 734 g/mol. The van der Waals surface area contributed by atoms with Gasteiger partial charge >= 0.3 is 5.69 Å². The Labute approximate surface area is 328 Å². The number of pyridine rings is 1. The van der Waals surface area contributed by atoms with Gasteiger partial charge in [-0.1, -0.05) is 44.2 Å². The Hall–Kier alpha value is -6.45. The Kier molecular flexibility index (Phi) is 13.0. The number of hydrogen-bond acceptors (Lipinski definition) is 10. The molecule has 5 aromatic rings. The van der Waals surface area contributed by atoms with Gasteiger partial charge in [-0.25, -0.2) is 24.1 Å². The molecule has 16 heteroatoms. The zero-order valence-electron chi connectivity index (χ0n) is 32.2. The molecule has 1 unspecified atom stereocenters. The summed E-state index contributed by atoms with van der Waals surface area (Å²) < 4.78 is 22.2. The minimum absolute atomic E-state index is 0.184. The lowest BCUT2D eigenvalue weighted by Crippen LogP contribution is -2.44. The van der Waals surface area contributed by atoms with Gasteiger partial charge in [-0.3, -0.25) is 33.6 Å². The third-order valence-corrected chi connectivity index (χ3v) is 10.0. The molecule has 15 nitrogen and oxygen atoms in total. The van der Waals surface area contributed by atoms with Gasteiger partial charge in [0.15, 0.2) is 17.4 Å². The number of hydrogen-bond donors (Lipinski definition) is 4. The molecule has 1 atom stereocenters. The van der Waals surface area contributed by atoms with Crippen LogP contribution >= 0.6 is 0 Å². The van der Waals surface area contributed by atoms with Crippen LogP contribution in [0.1, 0.15) is 86.2 Å². The molecule has 6 rings (SSSR count). The fourth-order valence-electron chi connectivity index (χ4n) is 7.07. The number of fused-ring (bicyclic) bond motifs is 1. The summed E-state index contributed by atoms with van der Waals surface area (Å²) in [5, 5.41) is 11.0. The zero-order valence-corrected chi connectivity index (χ0v) is 32.2. The van der Waals surface area contributed by atoms with E-state index in [1.54, 1.807) is 35.9 Å². The SMILES string of the molecule is CNC(=O)c1cnc(NC(=O)CCCCCCCCCc2ccc3c(c2)n(C)c(=O)n3C2CCC(=O)NC2=O)cc1Nc1cccc(-c2ncc(F)cn2)c1OC. The number of anilines is 3. The van der Waals surface area contributed by atoms with E-state index in [1.165, 1.54) is 24.9 Å². The van der Waals surface area contributed by atoms with Crippen LogP contribution in [0.5, 0.6) is 5.75 Å². The smallest absolute Gasteiger partial charge is 0.329 e. The summed E-state index contributed by atoms with van der Waals surface area (Å²) in [7, 11) is 4.69. The topological polar surface area (TPSA) is 191 Å². The molecule has 3 aromatic heterocycles. The van der Waals surface area contributed by atoms with Crippen molar-refractivity contribution < 1.29 is 28.3 Å². The van der Waals surface area contributed by atoms with Crippen LogP contribution in [-0.4, -0.2) is 61.9 Å². The summed E-state index contributed by atoms with van der Waals surface area (Å²) in [5.74, 6) is -0.975. The van der Waals surface area contributed by atoms with Gasteiger partial charge in [-0.2, -0.15) is 0 Å². The van der Waals surface area contributed by atoms with Crippen LogP contribution in [0.25, 0.3) is 22.4 Å². The second kappa shape index (κ2) is 18.5. The molecule has 1 fully saturated rings. The maximum absolute atomic E-state index is 13.5. The van der Waals surface area contributed by atoms with Crippen molar-refractivity contribution in [3.63, 3.8) is 0 Å². The van der Waals surface area contributed by atoms with E-state index in [1.807, 2.05) is 18.2 Å². The van der Waals surface area contributed by atoms with Crippen molar-refractivity contribution in [2.75, 3.05) is 24.8 Å². The normalized spacial score (nSPS) is 14.0. The molecule has 1 aliphatic heterocycles. The maximum atomic E-state index is 13.5. The van der Waals surface area contributed by atoms with E-state index in [9.17, 15) is 28.4 Å². The second-order valence-corrected chi connectivity index (χ2v) is 14.0. The lowest BCUT2D eigenvalue weighted by atomic mass is 10.0. The molecule has 0 bridgehead atoms. The van der Waals surface area contributed by atoms with Gasteiger partial charge in [0.1, 0.15) is 11.9 Å². The molecule has 298 valence electrons. The first-order valence-electron chi connectivity index (χ1n) is 19.1. The van der Waals surface area contributed by atoms with Crippen molar-refractivity contribution in [1.29, 1.82) is 0 Å². The monoisotopic (exact) mass is 779 g/mol. The summed E-state index contributed by atoms with van der Waals surface area (Å²) in [4.78, 5) is 75.1. The molecule has 1 saturated heterocycles. The summed E-state index contributed by atoms with van der Waals surface area (Å²) in [6.07, 6.45) is 12.0. The number of aryl methyl sites for hydroxylation is 2. The van der Waals surface area contributed by atoms with E-state index in [0.29, 0.717) is 41.0 Å². The third-order valence-electron chi connectivity index (χ3n) is 10.0. The molecule has 0 aliphatic carbocycles. The van der Waals surface area contributed by atoms with E-state index < -0.39 is 17.8 Å². The van der Waals surface area contributed by atoms with Gasteiger partial charge in [-0.05, 0) is 55.5 Å². The summed E-state index contributed by atoms with van der Waals surface area (Å²) >= 11 is 0. The minimum Gasteiger partial charge on any atom is -0.494 e. The number of benzene rings is 2. The number of para-hydroxylation sites is 1. The van der Waals surface area contributed by atoms with Crippen molar-refractivity contribution in [2.24, 2.45) is 7.05 Å². The number of unbranched alkanes of at least 4 members (excludes halogenated alkanes) is 6. The van der Waals surface area contributed by atoms with E-state index >= 15 is 0 Å². The number of nitrogens with zero attached hydrogens (tertiary/aromatic N) is 5. The Morgan fingerprint density at radius 2 is 1.65 bits per heavy atom. The quantitative estimate of drug-likeness (QED) is 0.0671. The highest BCUT2D eigenvalue weighted by Gasteiger charge is 2.31. The first-order valence-corrected chi connectivity index (χ1v) is 19.1. The first-order chi connectivity index (χ1) is 27.6. The first kappa shape index (κ1) is 40.2. The van der Waals surface area contributed by atoms with Gasteiger partial charge < -0.3 is 20.7 Å². The Balaban J connectivity index is 0.949. The van der Waals surface area contributed by atoms with Crippen molar-refractivity contribution in [3.8, 4) is 17.1 Å². The molecular formula is C41H46FN9O6. The predicted octanol–water partition coefficient (Wildman–Crippen LogP) is 5.72. The summed E-state index contributed by atoms with van der Waals surface area (Å²) in [6, 6.07) is 12.0. The molecule has 0 spiro atoms. The van der Waals surface area contributed by atoms with Gasteiger partial charge in [-0.15, -0.1) is 0 Å². The number of rotatable bonds is 17. The third kappa shape index (κ3) is 9.51. The number of aromatic nitrogens is 5. The number of methoxy groups -OCH3 is 1. The number of halogens is 1. The van der Waals surface area contributed by atoms with Crippen LogP contribution in [0.2, 0.25) is 0 Å². The number of imide groups is 1. The van der Waals surface area contributed by atoms with Crippen molar-refractivity contribution in [3.05, 3.63) is 88.5 Å². The van der Waals surface area contributed by atoms with Crippen LogP contribution in [0.3, 0.4) is 0 Å². The van der Waals surface area contributed by atoms with Crippen LogP contribution in [0.4, 0.5) is 21.6 Å². The van der Waals surface area contributed by atoms with Gasteiger partial charge in [0, 0.05) is 39.2 Å². The molecule has 4 N–H and O–H groups in total. The van der Waals surface area contributed by atoms with Gasteiger partial charge in [0.2, 0.25) is 17.7 Å². The molecule has 57 heavy (non-hydrogen) atoms. The lowest BCUT2D eigenvalue weighted by Gasteiger charge is -2.21. The van der Waals surface area contributed by atoms with Crippen molar-refractivity contribution in [1.82, 2.24) is 34.7 Å². The summed E-state index contributed by atoms with van der Waals surface area (Å²) in [6.45, 7) is 0. The zero-order chi connectivity index (χ0) is 40.5. The average Bonchev–Trinajstić information content (AvgIpc) is 3.45. The highest BCUT2D eigenvalue weighted by atomic mass is 19.1. The highest BCUT2D eigenvalue weighted by molar-refractivity contribution is 6.02. The molecule has 2 aromatic carbocycles. The second-order valence-electron chi connectivity index (χ2n) is 14.0. The molecule has 0 radical (unpaired) electrons. The lowest BCUT2D eigenvalue weighted by molar-refractivity contribution is -0.135. The highest BCUT2D eigenvalue weighted by Crippen LogP contribution is 2.37. The number of imidazole rings is 1. The van der Waals surface area contributed by atoms with Crippen molar-refractivity contribution in [2.45, 2.75) is 76.7 Å². The van der Waals surface area contributed by atoms with E-state index in [4.69, 9.17) is 4.74 Å². The van der Waals surface area contributed by atoms with Gasteiger partial charge in [0.05, 0.1) is 53.0 Å². The van der Waals surface area contributed by atoms with Crippen molar-refractivity contribution >= 4 is 51.9 Å². The Bertz CT molecular complexity index is 2340. The Morgan fingerprint density at radius 3 is 2.37 bits per heavy atom. The van der Waals surface area contributed by atoms with E-state index in [0.717, 1.165) is 74.8 Å². The fraction of sp³-hybridized carbons (Fsp3) is 0.366. The molecule has 1 aliphatic rings. The fourth-order valence-corrected chi connectivity index (χ4v) is 7.07. The van der Waals surface area contributed by atoms with Crippen LogP contribution in [-0.2, 0) is 27.9 Å². The van der Waals surface area contributed by atoms with Crippen LogP contribution in [0.15, 0.2) is 65.8 Å². The molecule has 0 saturated carbocycles. The van der Waals surface area contributed by atoms with E-state index in [-0.39, 0.29) is 47.0 Å². The number of nitrogens with one attached hydrogen (secondary N) is 4. The summed E-state index contributed by atoms with van der Waals surface area (Å²) in [5.41, 5.74) is 3.93. The molecule has 4 heterocycles.